The first-order valence-electron chi connectivity index (χ1n) is 10.5. The molecule has 1 N–H and O–H groups in total. The molecular weight excluding hydrogens is 416 g/mol. The Morgan fingerprint density at radius 3 is 2.34 bits per heavy atom. The zero-order valence-electron chi connectivity index (χ0n) is 18.0. The predicted octanol–water partition coefficient (Wildman–Crippen LogP) is 4.51. The van der Waals surface area contributed by atoms with Crippen molar-refractivity contribution in [3.8, 4) is 5.69 Å². The summed E-state index contributed by atoms with van der Waals surface area (Å²) in [7, 11) is 4.08. The summed E-state index contributed by atoms with van der Waals surface area (Å²) in [5.74, 6) is 0. The third-order valence-electron chi connectivity index (χ3n) is 5.77. The third-order valence-corrected chi connectivity index (χ3v) is 6.08. The van der Waals surface area contributed by atoms with Crippen molar-refractivity contribution in [2.75, 3.05) is 23.9 Å². The van der Waals surface area contributed by atoms with Crippen LogP contribution in [0.4, 0.5) is 11.4 Å². The zero-order chi connectivity index (χ0) is 22.1. The van der Waals surface area contributed by atoms with E-state index < -0.39 is 0 Å². The van der Waals surface area contributed by atoms with Gasteiger partial charge >= 0.3 is 0 Å². The maximum atomic E-state index is 5.85. The van der Waals surface area contributed by atoms with Gasteiger partial charge in [-0.3, -0.25) is 9.97 Å². The summed E-state index contributed by atoms with van der Waals surface area (Å²) in [5, 5.41) is 4.22. The van der Waals surface area contributed by atoms with Gasteiger partial charge in [0.25, 0.3) is 0 Å². The fourth-order valence-electron chi connectivity index (χ4n) is 4.22. The Labute approximate surface area is 193 Å². The van der Waals surface area contributed by atoms with Crippen molar-refractivity contribution in [1.29, 1.82) is 0 Å². The fraction of sp³-hybridized carbons (Fsp3) is 0.160. The second kappa shape index (κ2) is 8.43. The van der Waals surface area contributed by atoms with Gasteiger partial charge in [-0.1, -0.05) is 6.07 Å². The van der Waals surface area contributed by atoms with Crippen LogP contribution in [0.3, 0.4) is 0 Å². The summed E-state index contributed by atoms with van der Waals surface area (Å²) in [5.41, 5.74) is 5.31. The average molecular weight is 441 g/mol. The quantitative estimate of drug-likeness (QED) is 0.461. The van der Waals surface area contributed by atoms with Crippen LogP contribution in [0.15, 0.2) is 91.5 Å². The highest BCUT2D eigenvalue weighted by molar-refractivity contribution is 7.80. The standard InChI is InChI=1S/C25H24N6S/c1-29(2)18-8-10-20(11-9-18)31-24(23(28-25(31)32)21-6-3-4-14-27-21)22-7-5-17-30(22)19-12-15-26-16-13-19/h3-17,23-24H,1-2H3,(H,28,32). The molecule has 0 amide bonds. The molecule has 6 nitrogen and oxygen atoms in total. The van der Waals surface area contributed by atoms with Crippen molar-refractivity contribution in [1.82, 2.24) is 19.9 Å². The summed E-state index contributed by atoms with van der Waals surface area (Å²) in [6.07, 6.45) is 7.53. The monoisotopic (exact) mass is 440 g/mol. The van der Waals surface area contributed by atoms with Crippen molar-refractivity contribution in [3.63, 3.8) is 0 Å². The highest BCUT2D eigenvalue weighted by Gasteiger charge is 2.42. The molecule has 2 unspecified atom stereocenters. The highest BCUT2D eigenvalue weighted by atomic mass is 32.1. The minimum Gasteiger partial charge on any atom is -0.378 e. The number of hydrogen-bond donors (Lipinski definition) is 1. The number of nitrogens with zero attached hydrogens (tertiary/aromatic N) is 5. The predicted molar refractivity (Wildman–Crippen MR) is 132 cm³/mol. The minimum absolute atomic E-state index is 0.0780. The number of hydrogen-bond acceptors (Lipinski definition) is 4. The Bertz CT molecular complexity index is 1200. The van der Waals surface area contributed by atoms with Crippen LogP contribution in [0, 0.1) is 0 Å². The van der Waals surface area contributed by atoms with Crippen LogP contribution in [0.5, 0.6) is 0 Å². The number of pyridine rings is 2. The molecule has 2 atom stereocenters. The Morgan fingerprint density at radius 2 is 1.66 bits per heavy atom. The number of anilines is 2. The molecule has 1 aromatic carbocycles. The van der Waals surface area contributed by atoms with E-state index in [4.69, 9.17) is 12.2 Å². The topological polar surface area (TPSA) is 49.2 Å². The van der Waals surface area contributed by atoms with Gasteiger partial charge in [0.2, 0.25) is 0 Å². The van der Waals surface area contributed by atoms with Crippen LogP contribution in [0.2, 0.25) is 0 Å². The largest absolute Gasteiger partial charge is 0.378 e. The lowest BCUT2D eigenvalue weighted by Gasteiger charge is -2.29. The van der Waals surface area contributed by atoms with E-state index in [1.807, 2.05) is 63.0 Å². The van der Waals surface area contributed by atoms with E-state index in [1.165, 1.54) is 0 Å². The second-order valence-electron chi connectivity index (χ2n) is 7.92. The van der Waals surface area contributed by atoms with Crippen LogP contribution in [0.1, 0.15) is 23.5 Å². The van der Waals surface area contributed by atoms with Crippen molar-refractivity contribution >= 4 is 28.7 Å². The number of rotatable bonds is 5. The van der Waals surface area contributed by atoms with Crippen LogP contribution in [0.25, 0.3) is 5.69 Å². The SMILES string of the molecule is CN(C)c1ccc(N2C(=S)NC(c3ccccn3)C2c2cccn2-c2ccncc2)cc1. The van der Waals surface area contributed by atoms with E-state index in [0.29, 0.717) is 5.11 Å². The van der Waals surface area contributed by atoms with E-state index in [-0.39, 0.29) is 12.1 Å². The molecule has 0 radical (unpaired) electrons. The molecule has 0 bridgehead atoms. The molecule has 0 spiro atoms. The van der Waals surface area contributed by atoms with Gasteiger partial charge in [-0.2, -0.15) is 0 Å². The van der Waals surface area contributed by atoms with Gasteiger partial charge in [0, 0.05) is 61.6 Å². The first-order chi connectivity index (χ1) is 15.6. The highest BCUT2D eigenvalue weighted by Crippen LogP contribution is 2.42. The van der Waals surface area contributed by atoms with Gasteiger partial charge in [-0.15, -0.1) is 0 Å². The van der Waals surface area contributed by atoms with Crippen LogP contribution in [-0.4, -0.2) is 33.7 Å². The number of nitrogens with one attached hydrogen (secondary N) is 1. The summed E-state index contributed by atoms with van der Waals surface area (Å²) in [6.45, 7) is 0. The van der Waals surface area contributed by atoms with E-state index >= 15 is 0 Å². The molecule has 1 saturated heterocycles. The fourth-order valence-corrected chi connectivity index (χ4v) is 4.57. The van der Waals surface area contributed by atoms with Crippen LogP contribution >= 0.6 is 12.2 Å². The minimum atomic E-state index is -0.0901. The molecule has 7 heteroatoms. The molecule has 4 aromatic rings. The molecule has 32 heavy (non-hydrogen) atoms. The lowest BCUT2D eigenvalue weighted by molar-refractivity contribution is 0.549. The molecule has 160 valence electrons. The van der Waals surface area contributed by atoms with Gasteiger partial charge in [-0.25, -0.2) is 0 Å². The lowest BCUT2D eigenvalue weighted by Crippen LogP contribution is -2.30. The maximum absolute atomic E-state index is 5.85. The van der Waals surface area contributed by atoms with Gasteiger partial charge in [0.15, 0.2) is 5.11 Å². The number of aromatic nitrogens is 3. The first-order valence-corrected chi connectivity index (χ1v) is 10.9. The second-order valence-corrected chi connectivity index (χ2v) is 8.30. The molecule has 1 aliphatic heterocycles. The van der Waals surface area contributed by atoms with Crippen molar-refractivity contribution < 1.29 is 0 Å². The average Bonchev–Trinajstić information content (AvgIpc) is 3.44. The molecule has 4 heterocycles. The van der Waals surface area contributed by atoms with Gasteiger partial charge < -0.3 is 19.7 Å². The van der Waals surface area contributed by atoms with E-state index in [9.17, 15) is 0 Å². The third kappa shape index (κ3) is 3.61. The van der Waals surface area contributed by atoms with E-state index in [1.54, 1.807) is 0 Å². The van der Waals surface area contributed by atoms with Crippen LogP contribution < -0.4 is 15.1 Å². The van der Waals surface area contributed by atoms with E-state index in [0.717, 1.165) is 28.5 Å². The summed E-state index contributed by atoms with van der Waals surface area (Å²) in [4.78, 5) is 13.1. The first kappa shape index (κ1) is 20.2. The molecule has 3 aromatic heterocycles. The van der Waals surface area contributed by atoms with E-state index in [2.05, 4.69) is 72.2 Å². The van der Waals surface area contributed by atoms with Crippen LogP contribution in [-0.2, 0) is 0 Å². The molecule has 0 aliphatic carbocycles. The van der Waals surface area contributed by atoms with Gasteiger partial charge in [0.1, 0.15) is 6.04 Å². The lowest BCUT2D eigenvalue weighted by atomic mass is 10.0. The zero-order valence-corrected chi connectivity index (χ0v) is 18.8. The summed E-state index contributed by atoms with van der Waals surface area (Å²) < 4.78 is 2.19. The molecular formula is C25H24N6S. The molecule has 1 aliphatic rings. The Hall–Kier alpha value is -3.71. The molecule has 1 fully saturated rings. The van der Waals surface area contributed by atoms with Gasteiger partial charge in [0.05, 0.1) is 11.7 Å². The Morgan fingerprint density at radius 1 is 0.875 bits per heavy atom. The molecule has 0 saturated carbocycles. The maximum Gasteiger partial charge on any atom is 0.174 e. The Balaban J connectivity index is 1.64. The normalized spacial score (nSPS) is 17.9. The van der Waals surface area contributed by atoms with Crippen molar-refractivity contribution in [2.24, 2.45) is 0 Å². The Kier molecular flexibility index (Phi) is 5.33. The van der Waals surface area contributed by atoms with Crippen molar-refractivity contribution in [3.05, 3.63) is 103 Å². The smallest absolute Gasteiger partial charge is 0.174 e. The molecule has 5 rings (SSSR count). The number of thiocarbonyl (C=S) groups is 1. The summed E-state index contributed by atoms with van der Waals surface area (Å²) >= 11 is 5.85. The van der Waals surface area contributed by atoms with Gasteiger partial charge in [-0.05, 0) is 72.9 Å². The summed E-state index contributed by atoms with van der Waals surface area (Å²) in [6, 6.07) is 22.5. The van der Waals surface area contributed by atoms with Crippen molar-refractivity contribution in [2.45, 2.75) is 12.1 Å². The number of benzene rings is 1.